The highest BCUT2D eigenvalue weighted by molar-refractivity contribution is 7.12. The quantitative estimate of drug-likeness (QED) is 0.801. The Morgan fingerprint density at radius 1 is 1.29 bits per heavy atom. The second kappa shape index (κ2) is 7.14. The van der Waals surface area contributed by atoms with Crippen molar-refractivity contribution in [3.05, 3.63) is 21.4 Å². The molecule has 0 amide bonds. The fourth-order valence-corrected chi connectivity index (χ4v) is 2.53. The molecule has 2 nitrogen and oxygen atoms in total. The fourth-order valence-electron chi connectivity index (χ4n) is 1.53. The number of nitrogens with one attached hydrogen (secondary N) is 1. The van der Waals surface area contributed by atoms with E-state index in [1.165, 1.54) is 15.3 Å². The zero-order valence-corrected chi connectivity index (χ0v) is 12.5. The van der Waals surface area contributed by atoms with Crippen LogP contribution in [0.15, 0.2) is 6.07 Å². The summed E-state index contributed by atoms with van der Waals surface area (Å²) in [4.78, 5) is 2.79. The summed E-state index contributed by atoms with van der Waals surface area (Å²) >= 11 is 1.87. The molecule has 1 aromatic heterocycles. The normalized spacial score (nSPS) is 11.7. The van der Waals surface area contributed by atoms with Crippen molar-refractivity contribution in [3.63, 3.8) is 0 Å². The first-order valence-electron chi connectivity index (χ1n) is 6.38. The summed E-state index contributed by atoms with van der Waals surface area (Å²) in [6.45, 7) is 13.4. The third-order valence-corrected chi connectivity index (χ3v) is 3.56. The van der Waals surface area contributed by atoms with Crippen LogP contribution in [-0.2, 0) is 17.9 Å². The Morgan fingerprint density at radius 3 is 2.59 bits per heavy atom. The molecule has 0 aliphatic rings. The minimum absolute atomic E-state index is 0.540. The molecule has 0 spiro atoms. The molecular formula is C14H25NOS. The maximum absolute atomic E-state index is 5.69. The number of ether oxygens (including phenoxy) is 1. The van der Waals surface area contributed by atoms with E-state index in [0.717, 1.165) is 19.8 Å². The highest BCUT2D eigenvalue weighted by atomic mass is 32.1. The molecule has 1 N–H and O–H groups in total. The Kier molecular flexibility index (Phi) is 6.17. The standard InChI is InChI=1S/C14H25NOS/c1-10(2)8-16-9-13-6-14(17-12(13)5)7-15-11(3)4/h6,10-11,15H,7-9H2,1-5H3. The summed E-state index contributed by atoms with van der Waals surface area (Å²) in [5.74, 6) is 0.607. The molecule has 1 aromatic rings. The first-order valence-corrected chi connectivity index (χ1v) is 7.20. The summed E-state index contributed by atoms with van der Waals surface area (Å²) in [5.41, 5.74) is 1.34. The SMILES string of the molecule is Cc1sc(CNC(C)C)cc1COCC(C)C. The summed E-state index contributed by atoms with van der Waals surface area (Å²) in [6, 6.07) is 2.81. The molecular weight excluding hydrogens is 230 g/mol. The lowest BCUT2D eigenvalue weighted by molar-refractivity contribution is 0.0970. The third kappa shape index (κ3) is 5.66. The van der Waals surface area contributed by atoms with Gasteiger partial charge in [-0.15, -0.1) is 11.3 Å². The first kappa shape index (κ1) is 14.7. The van der Waals surface area contributed by atoms with Crippen molar-refractivity contribution in [3.8, 4) is 0 Å². The molecule has 1 heterocycles. The third-order valence-electron chi connectivity index (χ3n) is 2.46. The minimum atomic E-state index is 0.540. The van der Waals surface area contributed by atoms with Gasteiger partial charge in [0.1, 0.15) is 0 Å². The van der Waals surface area contributed by atoms with Crippen LogP contribution in [-0.4, -0.2) is 12.6 Å². The Morgan fingerprint density at radius 2 is 2.00 bits per heavy atom. The monoisotopic (exact) mass is 255 g/mol. The van der Waals surface area contributed by atoms with Crippen LogP contribution in [0, 0.1) is 12.8 Å². The summed E-state index contributed by atoms with van der Waals surface area (Å²) < 4.78 is 5.69. The molecule has 0 saturated heterocycles. The van der Waals surface area contributed by atoms with E-state index in [4.69, 9.17) is 4.74 Å². The van der Waals surface area contributed by atoms with Crippen molar-refractivity contribution in [2.45, 2.75) is 53.8 Å². The molecule has 0 bridgehead atoms. The van der Waals surface area contributed by atoms with Gasteiger partial charge in [-0.3, -0.25) is 0 Å². The Hall–Kier alpha value is -0.380. The molecule has 0 aliphatic heterocycles. The summed E-state index contributed by atoms with van der Waals surface area (Å²) in [6.07, 6.45) is 0. The Balaban J connectivity index is 2.44. The number of aryl methyl sites for hydroxylation is 1. The van der Waals surface area contributed by atoms with Crippen LogP contribution in [0.2, 0.25) is 0 Å². The molecule has 17 heavy (non-hydrogen) atoms. The Labute approximate surface area is 109 Å². The van der Waals surface area contributed by atoms with Gasteiger partial charge in [-0.25, -0.2) is 0 Å². The molecule has 0 aromatic carbocycles. The largest absolute Gasteiger partial charge is 0.376 e. The molecule has 98 valence electrons. The van der Waals surface area contributed by atoms with E-state index in [0.29, 0.717) is 12.0 Å². The van der Waals surface area contributed by atoms with Gasteiger partial charge in [-0.2, -0.15) is 0 Å². The highest BCUT2D eigenvalue weighted by Gasteiger charge is 2.06. The van der Waals surface area contributed by atoms with Gasteiger partial charge in [0, 0.05) is 28.9 Å². The maximum Gasteiger partial charge on any atom is 0.0727 e. The molecule has 0 unspecified atom stereocenters. The average molecular weight is 255 g/mol. The van der Waals surface area contributed by atoms with Crippen molar-refractivity contribution in [2.24, 2.45) is 5.92 Å². The zero-order chi connectivity index (χ0) is 12.8. The van der Waals surface area contributed by atoms with Crippen molar-refractivity contribution in [1.82, 2.24) is 5.32 Å². The molecule has 3 heteroatoms. The van der Waals surface area contributed by atoms with Crippen LogP contribution in [0.25, 0.3) is 0 Å². The van der Waals surface area contributed by atoms with Gasteiger partial charge in [0.05, 0.1) is 6.61 Å². The average Bonchev–Trinajstić information content (AvgIpc) is 2.56. The molecule has 0 fully saturated rings. The van der Waals surface area contributed by atoms with Gasteiger partial charge >= 0.3 is 0 Å². The number of thiophene rings is 1. The minimum Gasteiger partial charge on any atom is -0.376 e. The number of hydrogen-bond acceptors (Lipinski definition) is 3. The van der Waals surface area contributed by atoms with Gasteiger partial charge in [0.15, 0.2) is 0 Å². The van der Waals surface area contributed by atoms with E-state index in [-0.39, 0.29) is 0 Å². The fraction of sp³-hybridized carbons (Fsp3) is 0.714. The number of hydrogen-bond donors (Lipinski definition) is 1. The van der Waals surface area contributed by atoms with Crippen molar-refractivity contribution in [1.29, 1.82) is 0 Å². The molecule has 0 atom stereocenters. The number of rotatable bonds is 7. The highest BCUT2D eigenvalue weighted by Crippen LogP contribution is 2.22. The summed E-state index contributed by atoms with van der Waals surface area (Å²) in [7, 11) is 0. The molecule has 0 aliphatic carbocycles. The van der Waals surface area contributed by atoms with Crippen LogP contribution in [0.3, 0.4) is 0 Å². The second-order valence-corrected chi connectivity index (χ2v) is 6.58. The van der Waals surface area contributed by atoms with E-state index in [9.17, 15) is 0 Å². The molecule has 1 rings (SSSR count). The van der Waals surface area contributed by atoms with Gasteiger partial charge in [-0.05, 0) is 24.5 Å². The van der Waals surface area contributed by atoms with E-state index in [1.54, 1.807) is 0 Å². The van der Waals surface area contributed by atoms with E-state index in [2.05, 4.69) is 46.0 Å². The van der Waals surface area contributed by atoms with Crippen molar-refractivity contribution >= 4 is 11.3 Å². The van der Waals surface area contributed by atoms with Crippen LogP contribution < -0.4 is 5.32 Å². The van der Waals surface area contributed by atoms with Gasteiger partial charge in [0.25, 0.3) is 0 Å². The smallest absolute Gasteiger partial charge is 0.0727 e. The van der Waals surface area contributed by atoms with Crippen LogP contribution >= 0.6 is 11.3 Å². The predicted molar refractivity (Wildman–Crippen MR) is 75.5 cm³/mol. The lowest BCUT2D eigenvalue weighted by Gasteiger charge is -2.06. The van der Waals surface area contributed by atoms with Crippen LogP contribution in [0.4, 0.5) is 0 Å². The second-order valence-electron chi connectivity index (χ2n) is 5.24. The predicted octanol–water partition coefficient (Wildman–Crippen LogP) is 3.73. The topological polar surface area (TPSA) is 21.3 Å². The summed E-state index contributed by atoms with van der Waals surface area (Å²) in [5, 5.41) is 3.45. The van der Waals surface area contributed by atoms with Gasteiger partial charge in [0.2, 0.25) is 0 Å². The first-order chi connectivity index (χ1) is 7.99. The van der Waals surface area contributed by atoms with Crippen molar-refractivity contribution in [2.75, 3.05) is 6.61 Å². The van der Waals surface area contributed by atoms with Gasteiger partial charge < -0.3 is 10.1 Å². The molecule has 0 radical (unpaired) electrons. The van der Waals surface area contributed by atoms with E-state index < -0.39 is 0 Å². The Bertz CT molecular complexity index is 331. The zero-order valence-electron chi connectivity index (χ0n) is 11.7. The van der Waals surface area contributed by atoms with Crippen LogP contribution in [0.5, 0.6) is 0 Å². The lowest BCUT2D eigenvalue weighted by Crippen LogP contribution is -2.21. The van der Waals surface area contributed by atoms with Gasteiger partial charge in [-0.1, -0.05) is 27.7 Å². The van der Waals surface area contributed by atoms with Crippen LogP contribution in [0.1, 0.15) is 43.0 Å². The van der Waals surface area contributed by atoms with E-state index >= 15 is 0 Å². The maximum atomic E-state index is 5.69. The lowest BCUT2D eigenvalue weighted by atomic mass is 10.2. The van der Waals surface area contributed by atoms with E-state index in [1.807, 2.05) is 11.3 Å². The van der Waals surface area contributed by atoms with Crippen molar-refractivity contribution < 1.29 is 4.74 Å². The molecule has 0 saturated carbocycles.